The Balaban J connectivity index is 1.92. The van der Waals surface area contributed by atoms with Crippen molar-refractivity contribution in [3.05, 3.63) is 11.7 Å². The highest BCUT2D eigenvalue weighted by Crippen LogP contribution is 2.22. The number of nitrogens with zero attached hydrogens (tertiary/aromatic N) is 3. The van der Waals surface area contributed by atoms with Crippen LogP contribution in [-0.2, 0) is 17.8 Å². The van der Waals surface area contributed by atoms with Crippen molar-refractivity contribution in [1.82, 2.24) is 15.0 Å². The molecule has 0 spiro atoms. The lowest BCUT2D eigenvalue weighted by atomic mass is 9.98. The van der Waals surface area contributed by atoms with Crippen molar-refractivity contribution in [2.24, 2.45) is 0 Å². The van der Waals surface area contributed by atoms with E-state index in [1.165, 1.54) is 6.42 Å². The Morgan fingerprint density at radius 1 is 1.53 bits per heavy atom. The van der Waals surface area contributed by atoms with E-state index in [2.05, 4.69) is 15.0 Å². The Hall–Kier alpha value is -1.43. The zero-order chi connectivity index (χ0) is 13.7. The van der Waals surface area contributed by atoms with Gasteiger partial charge < -0.3 is 9.63 Å². The van der Waals surface area contributed by atoms with Crippen LogP contribution in [0.25, 0.3) is 0 Å². The Kier molecular flexibility index (Phi) is 4.90. The second-order valence-electron chi connectivity index (χ2n) is 5.01. The molecule has 1 N–H and O–H groups in total. The number of rotatable bonds is 6. The number of hydrogen-bond acceptors (Lipinski definition) is 5. The molecule has 6 nitrogen and oxygen atoms in total. The van der Waals surface area contributed by atoms with Crippen molar-refractivity contribution < 1.29 is 14.4 Å². The summed E-state index contributed by atoms with van der Waals surface area (Å²) in [5, 5.41) is 12.8. The second-order valence-corrected chi connectivity index (χ2v) is 5.01. The zero-order valence-corrected chi connectivity index (χ0v) is 11.3. The van der Waals surface area contributed by atoms with E-state index in [1.54, 1.807) is 0 Å². The highest BCUT2D eigenvalue weighted by Gasteiger charge is 2.24. The molecule has 1 atom stereocenters. The first-order chi connectivity index (χ1) is 9.19. The van der Waals surface area contributed by atoms with Gasteiger partial charge in [0.15, 0.2) is 5.82 Å². The smallest absolute Gasteiger partial charge is 0.303 e. The highest BCUT2D eigenvalue weighted by atomic mass is 16.5. The van der Waals surface area contributed by atoms with Crippen LogP contribution in [0.2, 0.25) is 0 Å². The number of carboxylic acid groups (broad SMARTS) is 1. The molecule has 2 rings (SSSR count). The average molecular weight is 267 g/mol. The van der Waals surface area contributed by atoms with Crippen molar-refractivity contribution in [2.75, 3.05) is 6.54 Å². The van der Waals surface area contributed by atoms with Gasteiger partial charge in [-0.1, -0.05) is 18.5 Å². The van der Waals surface area contributed by atoms with E-state index >= 15 is 0 Å². The summed E-state index contributed by atoms with van der Waals surface area (Å²) in [6, 6.07) is 0.327. The lowest BCUT2D eigenvalue weighted by Crippen LogP contribution is -2.39. The van der Waals surface area contributed by atoms with Gasteiger partial charge in [-0.25, -0.2) is 0 Å². The fourth-order valence-corrected chi connectivity index (χ4v) is 2.56. The van der Waals surface area contributed by atoms with Crippen LogP contribution in [0.4, 0.5) is 0 Å². The zero-order valence-electron chi connectivity index (χ0n) is 11.3. The molecule has 0 amide bonds. The second kappa shape index (κ2) is 6.65. The third-order valence-corrected chi connectivity index (χ3v) is 3.60. The highest BCUT2D eigenvalue weighted by molar-refractivity contribution is 5.66. The van der Waals surface area contributed by atoms with E-state index < -0.39 is 5.97 Å². The summed E-state index contributed by atoms with van der Waals surface area (Å²) in [7, 11) is 0. The lowest BCUT2D eigenvalue weighted by Gasteiger charge is -2.34. The van der Waals surface area contributed by atoms with Gasteiger partial charge in [-0.05, 0) is 25.8 Å². The van der Waals surface area contributed by atoms with Gasteiger partial charge in [0.2, 0.25) is 5.89 Å². The SMILES string of the molecule is CCc1nc(CN2CCCCC2CCC(=O)O)no1. The molecule has 0 saturated carbocycles. The van der Waals surface area contributed by atoms with Crippen LogP contribution in [0.15, 0.2) is 4.52 Å². The standard InChI is InChI=1S/C13H21N3O3/c1-2-12-14-11(15-19-12)9-16-8-4-3-5-10(16)6-7-13(17)18/h10H,2-9H2,1H3,(H,17,18). The fraction of sp³-hybridized carbons (Fsp3) is 0.769. The molecule has 19 heavy (non-hydrogen) atoms. The Labute approximate surface area is 112 Å². The number of carbonyl (C=O) groups is 1. The number of aliphatic carboxylic acids is 1. The molecular formula is C13H21N3O3. The molecular weight excluding hydrogens is 246 g/mol. The maximum absolute atomic E-state index is 10.7. The quantitative estimate of drug-likeness (QED) is 0.847. The number of hydrogen-bond donors (Lipinski definition) is 1. The predicted octanol–water partition coefficient (Wildman–Crippen LogP) is 1.85. The van der Waals surface area contributed by atoms with Crippen molar-refractivity contribution in [1.29, 1.82) is 0 Å². The summed E-state index contributed by atoms with van der Waals surface area (Å²) < 4.78 is 5.11. The van der Waals surface area contributed by atoms with E-state index in [0.29, 0.717) is 30.7 Å². The van der Waals surface area contributed by atoms with Gasteiger partial charge in [0.25, 0.3) is 0 Å². The van der Waals surface area contributed by atoms with E-state index in [9.17, 15) is 4.79 Å². The molecule has 0 radical (unpaired) electrons. The first-order valence-corrected chi connectivity index (χ1v) is 6.96. The normalized spacial score (nSPS) is 20.6. The van der Waals surface area contributed by atoms with Crippen LogP contribution in [0, 0.1) is 0 Å². The Morgan fingerprint density at radius 2 is 2.37 bits per heavy atom. The molecule has 2 heterocycles. The van der Waals surface area contributed by atoms with Gasteiger partial charge in [0.1, 0.15) is 0 Å². The maximum atomic E-state index is 10.7. The minimum absolute atomic E-state index is 0.230. The topological polar surface area (TPSA) is 79.5 Å². The molecule has 1 aliphatic heterocycles. The van der Waals surface area contributed by atoms with Gasteiger partial charge in [-0.2, -0.15) is 4.98 Å². The largest absolute Gasteiger partial charge is 0.481 e. The van der Waals surface area contributed by atoms with Crippen LogP contribution < -0.4 is 0 Å². The monoisotopic (exact) mass is 267 g/mol. The Bertz CT molecular complexity index is 419. The molecule has 1 saturated heterocycles. The molecule has 1 unspecified atom stereocenters. The van der Waals surface area contributed by atoms with Gasteiger partial charge in [0.05, 0.1) is 6.54 Å². The van der Waals surface area contributed by atoms with E-state index in [0.717, 1.165) is 25.8 Å². The summed E-state index contributed by atoms with van der Waals surface area (Å²) in [6.07, 6.45) is 5.07. The number of piperidine rings is 1. The summed E-state index contributed by atoms with van der Waals surface area (Å²) >= 11 is 0. The van der Waals surface area contributed by atoms with Crippen LogP contribution in [0.5, 0.6) is 0 Å². The van der Waals surface area contributed by atoms with E-state index in [1.807, 2.05) is 6.92 Å². The predicted molar refractivity (Wildman–Crippen MR) is 68.6 cm³/mol. The first kappa shape index (κ1) is 14.0. The number of likely N-dealkylation sites (tertiary alicyclic amines) is 1. The Morgan fingerprint density at radius 3 is 3.05 bits per heavy atom. The van der Waals surface area contributed by atoms with Gasteiger partial charge in [-0.15, -0.1) is 0 Å². The molecule has 106 valence electrons. The maximum Gasteiger partial charge on any atom is 0.303 e. The molecule has 0 bridgehead atoms. The molecule has 1 fully saturated rings. The molecule has 0 aliphatic carbocycles. The van der Waals surface area contributed by atoms with Crippen molar-refractivity contribution in [3.8, 4) is 0 Å². The minimum atomic E-state index is -0.724. The van der Waals surface area contributed by atoms with Crippen LogP contribution in [-0.4, -0.2) is 38.7 Å². The lowest BCUT2D eigenvalue weighted by molar-refractivity contribution is -0.137. The summed E-state index contributed by atoms with van der Waals surface area (Å²) in [4.78, 5) is 17.3. The average Bonchev–Trinajstić information content (AvgIpc) is 2.85. The molecule has 6 heteroatoms. The first-order valence-electron chi connectivity index (χ1n) is 6.96. The van der Waals surface area contributed by atoms with Crippen molar-refractivity contribution in [3.63, 3.8) is 0 Å². The van der Waals surface area contributed by atoms with Gasteiger partial charge >= 0.3 is 5.97 Å². The molecule has 0 aromatic carbocycles. The van der Waals surface area contributed by atoms with Crippen LogP contribution in [0.1, 0.15) is 50.7 Å². The van der Waals surface area contributed by atoms with E-state index in [4.69, 9.17) is 9.63 Å². The van der Waals surface area contributed by atoms with E-state index in [-0.39, 0.29) is 6.42 Å². The summed E-state index contributed by atoms with van der Waals surface area (Å²) in [5.41, 5.74) is 0. The van der Waals surface area contributed by atoms with Crippen LogP contribution in [0.3, 0.4) is 0 Å². The van der Waals surface area contributed by atoms with Gasteiger partial charge in [0, 0.05) is 18.9 Å². The van der Waals surface area contributed by atoms with Crippen molar-refractivity contribution in [2.45, 2.75) is 58.0 Å². The fourth-order valence-electron chi connectivity index (χ4n) is 2.56. The molecule has 1 aromatic rings. The number of carboxylic acids is 1. The summed E-state index contributed by atoms with van der Waals surface area (Å²) in [5.74, 6) is 0.645. The minimum Gasteiger partial charge on any atom is -0.481 e. The van der Waals surface area contributed by atoms with Gasteiger partial charge in [-0.3, -0.25) is 9.69 Å². The van der Waals surface area contributed by atoms with Crippen LogP contribution >= 0.6 is 0 Å². The number of aromatic nitrogens is 2. The molecule has 1 aliphatic rings. The molecule has 1 aromatic heterocycles. The third kappa shape index (κ3) is 4.02. The van der Waals surface area contributed by atoms with Crippen molar-refractivity contribution >= 4 is 5.97 Å². The number of aryl methyl sites for hydroxylation is 1. The third-order valence-electron chi connectivity index (χ3n) is 3.60. The summed E-state index contributed by atoms with van der Waals surface area (Å²) in [6.45, 7) is 3.63.